The molecule has 0 aliphatic heterocycles. The van der Waals surface area contributed by atoms with Crippen molar-refractivity contribution in [3.8, 4) is 22.8 Å². The third-order valence-electron chi connectivity index (χ3n) is 4.19. The van der Waals surface area contributed by atoms with Gasteiger partial charge >= 0.3 is 11.4 Å². The summed E-state index contributed by atoms with van der Waals surface area (Å²) in [7, 11) is 0. The smallest absolute Gasteiger partial charge is 0.247 e. The predicted molar refractivity (Wildman–Crippen MR) is 111 cm³/mol. The number of aromatic nitrogens is 3. The largest absolute Gasteiger partial charge is 0.358 e. The number of hydrogen-bond acceptors (Lipinski definition) is 3. The molecule has 0 unspecified atom stereocenters. The van der Waals surface area contributed by atoms with Crippen LogP contribution in [0.25, 0.3) is 22.8 Å². The summed E-state index contributed by atoms with van der Waals surface area (Å²) in [5, 5.41) is 1.08. The highest BCUT2D eigenvalue weighted by Gasteiger charge is 2.17. The molecule has 0 saturated heterocycles. The maximum atomic E-state index is 13.4. The first-order chi connectivity index (χ1) is 13.5. The number of nitrogens with zero attached hydrogens (tertiary/aromatic N) is 3. The maximum absolute atomic E-state index is 13.4. The van der Waals surface area contributed by atoms with Crippen molar-refractivity contribution < 1.29 is 0 Å². The van der Waals surface area contributed by atoms with E-state index in [0.717, 1.165) is 4.57 Å². The van der Waals surface area contributed by atoms with Crippen molar-refractivity contribution in [1.82, 2.24) is 14.1 Å². The molecule has 0 amide bonds. The predicted octanol–water partition coefficient (Wildman–Crippen LogP) is 4.36. The van der Waals surface area contributed by atoms with E-state index in [2.05, 4.69) is 4.98 Å². The van der Waals surface area contributed by atoms with Crippen molar-refractivity contribution in [3.05, 3.63) is 110 Å². The van der Waals surface area contributed by atoms with Crippen LogP contribution in [0.15, 0.2) is 88.5 Å². The molecule has 138 valence electrons. The Balaban J connectivity index is 2.07. The lowest BCUT2D eigenvalue weighted by molar-refractivity contribution is 0.755. The molecular weight excluding hydrogens is 397 g/mol. The van der Waals surface area contributed by atoms with Crippen molar-refractivity contribution in [2.75, 3.05) is 0 Å². The van der Waals surface area contributed by atoms with E-state index in [-0.39, 0.29) is 5.82 Å². The second kappa shape index (κ2) is 7.46. The van der Waals surface area contributed by atoms with Gasteiger partial charge in [-0.15, -0.1) is 0 Å². The maximum Gasteiger partial charge on any atom is 0.358 e. The summed E-state index contributed by atoms with van der Waals surface area (Å²) in [5.74, 6) is 0.223. The molecule has 0 spiro atoms. The van der Waals surface area contributed by atoms with Crippen molar-refractivity contribution in [2.45, 2.75) is 0 Å². The summed E-state index contributed by atoms with van der Waals surface area (Å²) in [4.78, 5) is 30.3. The van der Waals surface area contributed by atoms with Crippen molar-refractivity contribution in [1.29, 1.82) is 0 Å². The molecular formula is C21H13Cl2N3O2. The molecule has 0 aliphatic carbocycles. The number of para-hydroxylation sites is 1. The van der Waals surface area contributed by atoms with E-state index in [0.29, 0.717) is 27.0 Å². The first-order valence-corrected chi connectivity index (χ1v) is 9.13. The Morgan fingerprint density at radius 2 is 1.18 bits per heavy atom. The van der Waals surface area contributed by atoms with E-state index in [1.165, 1.54) is 4.57 Å². The second-order valence-electron chi connectivity index (χ2n) is 5.99. The molecule has 0 atom stereocenters. The summed E-state index contributed by atoms with van der Waals surface area (Å²) < 4.78 is 2.42. The van der Waals surface area contributed by atoms with E-state index in [1.54, 1.807) is 72.8 Å². The van der Waals surface area contributed by atoms with Gasteiger partial charge in [-0.1, -0.05) is 41.4 Å². The third-order valence-corrected chi connectivity index (χ3v) is 4.69. The normalized spacial score (nSPS) is 10.8. The minimum absolute atomic E-state index is 0.223. The van der Waals surface area contributed by atoms with Crippen LogP contribution in [0, 0.1) is 0 Å². The molecule has 1 aromatic heterocycles. The first kappa shape index (κ1) is 18.2. The fourth-order valence-electron chi connectivity index (χ4n) is 2.88. The van der Waals surface area contributed by atoms with Gasteiger partial charge in [0.05, 0.1) is 11.4 Å². The van der Waals surface area contributed by atoms with Crippen LogP contribution < -0.4 is 11.4 Å². The van der Waals surface area contributed by atoms with Gasteiger partial charge in [0.25, 0.3) is 0 Å². The Labute approximate surface area is 170 Å². The van der Waals surface area contributed by atoms with Crippen LogP contribution in [0.4, 0.5) is 0 Å². The van der Waals surface area contributed by atoms with Gasteiger partial charge in [0.15, 0.2) is 5.82 Å². The van der Waals surface area contributed by atoms with Crippen LogP contribution in [-0.4, -0.2) is 14.1 Å². The van der Waals surface area contributed by atoms with Gasteiger partial charge in [-0.3, -0.25) is 0 Å². The van der Waals surface area contributed by atoms with Crippen LogP contribution in [0.3, 0.4) is 0 Å². The third kappa shape index (κ3) is 3.38. The Bertz CT molecular complexity index is 1250. The van der Waals surface area contributed by atoms with Gasteiger partial charge in [-0.25, -0.2) is 18.7 Å². The van der Waals surface area contributed by atoms with Crippen molar-refractivity contribution in [2.24, 2.45) is 0 Å². The van der Waals surface area contributed by atoms with E-state index in [1.807, 2.05) is 6.07 Å². The molecule has 1 heterocycles. The summed E-state index contributed by atoms with van der Waals surface area (Å²) >= 11 is 12.0. The summed E-state index contributed by atoms with van der Waals surface area (Å²) in [5.41, 5.74) is 0.380. The van der Waals surface area contributed by atoms with Gasteiger partial charge in [0, 0.05) is 15.6 Å². The Hall–Kier alpha value is -3.15. The quantitative estimate of drug-likeness (QED) is 0.505. The van der Waals surface area contributed by atoms with E-state index in [4.69, 9.17) is 23.2 Å². The fourth-order valence-corrected chi connectivity index (χ4v) is 3.13. The highest BCUT2D eigenvalue weighted by molar-refractivity contribution is 6.30. The van der Waals surface area contributed by atoms with Crippen LogP contribution in [0.2, 0.25) is 10.0 Å². The van der Waals surface area contributed by atoms with Gasteiger partial charge in [-0.05, 0) is 60.7 Å². The average molecular weight is 410 g/mol. The van der Waals surface area contributed by atoms with Gasteiger partial charge in [0.2, 0.25) is 0 Å². The molecule has 7 heteroatoms. The Morgan fingerprint density at radius 1 is 0.643 bits per heavy atom. The highest BCUT2D eigenvalue weighted by Crippen LogP contribution is 2.22. The standard InChI is InChI=1S/C21H13Cl2N3O2/c22-15-8-6-14(7-9-15)19-24-20(27)26(17-4-2-1-3-5-17)21(28)25(19)18-12-10-16(23)11-13-18/h1-13H. The zero-order chi connectivity index (χ0) is 19.7. The topological polar surface area (TPSA) is 56.9 Å². The van der Waals surface area contributed by atoms with E-state index >= 15 is 0 Å². The molecule has 28 heavy (non-hydrogen) atoms. The van der Waals surface area contributed by atoms with Gasteiger partial charge in [0.1, 0.15) is 0 Å². The first-order valence-electron chi connectivity index (χ1n) is 8.38. The minimum Gasteiger partial charge on any atom is -0.247 e. The molecule has 5 nitrogen and oxygen atoms in total. The fraction of sp³-hybridized carbons (Fsp3) is 0. The average Bonchev–Trinajstić information content (AvgIpc) is 2.70. The lowest BCUT2D eigenvalue weighted by Crippen LogP contribution is -2.40. The van der Waals surface area contributed by atoms with Crippen molar-refractivity contribution in [3.63, 3.8) is 0 Å². The van der Waals surface area contributed by atoms with Crippen LogP contribution >= 0.6 is 23.2 Å². The SMILES string of the molecule is O=c1nc(-c2ccc(Cl)cc2)n(-c2ccc(Cl)cc2)c(=O)n1-c1ccccc1. The number of rotatable bonds is 3. The number of benzene rings is 3. The molecule has 4 aromatic rings. The highest BCUT2D eigenvalue weighted by atomic mass is 35.5. The minimum atomic E-state index is -0.661. The van der Waals surface area contributed by atoms with Crippen LogP contribution in [0.1, 0.15) is 0 Å². The lowest BCUT2D eigenvalue weighted by Gasteiger charge is -2.15. The van der Waals surface area contributed by atoms with E-state index < -0.39 is 11.4 Å². The summed E-state index contributed by atoms with van der Waals surface area (Å²) in [6, 6.07) is 22.2. The summed E-state index contributed by atoms with van der Waals surface area (Å²) in [6.45, 7) is 0. The molecule has 0 aliphatic rings. The summed E-state index contributed by atoms with van der Waals surface area (Å²) in [6.07, 6.45) is 0. The molecule has 0 fully saturated rings. The lowest BCUT2D eigenvalue weighted by atomic mass is 10.2. The van der Waals surface area contributed by atoms with Crippen LogP contribution in [-0.2, 0) is 0 Å². The Kier molecular flexibility index (Phi) is 4.86. The number of hydrogen-bond donors (Lipinski definition) is 0. The van der Waals surface area contributed by atoms with Gasteiger partial charge in [-0.2, -0.15) is 4.98 Å². The van der Waals surface area contributed by atoms with E-state index in [9.17, 15) is 9.59 Å². The monoisotopic (exact) mass is 409 g/mol. The van der Waals surface area contributed by atoms with Crippen LogP contribution in [0.5, 0.6) is 0 Å². The molecule has 0 N–H and O–H groups in total. The van der Waals surface area contributed by atoms with Crippen molar-refractivity contribution >= 4 is 23.2 Å². The Morgan fingerprint density at radius 3 is 1.79 bits per heavy atom. The molecule has 0 saturated carbocycles. The molecule has 4 rings (SSSR count). The van der Waals surface area contributed by atoms with Gasteiger partial charge < -0.3 is 0 Å². The second-order valence-corrected chi connectivity index (χ2v) is 6.86. The molecule has 0 radical (unpaired) electrons. The number of halogens is 2. The molecule has 3 aromatic carbocycles. The molecule has 0 bridgehead atoms. The zero-order valence-electron chi connectivity index (χ0n) is 14.4. The zero-order valence-corrected chi connectivity index (χ0v) is 15.9.